The van der Waals surface area contributed by atoms with Crippen LogP contribution in [-0.2, 0) is 16.0 Å². The number of thiazole rings is 1. The van der Waals surface area contributed by atoms with Crippen molar-refractivity contribution >= 4 is 61.9 Å². The van der Waals surface area contributed by atoms with Gasteiger partial charge in [0, 0.05) is 38.1 Å². The molecule has 0 fully saturated rings. The van der Waals surface area contributed by atoms with Crippen molar-refractivity contribution in [1.29, 1.82) is 0 Å². The molecule has 2 amide bonds. The fourth-order valence-corrected chi connectivity index (χ4v) is 4.67. The lowest BCUT2D eigenvalue weighted by molar-refractivity contribution is -0.129. The topological polar surface area (TPSA) is 108 Å². The molecule has 0 atom stereocenters. The SMILES string of the molecule is CN(C)C(=O)CN(C)C(=O)c1nc2c(Nc3ccc4c(c3)SC(=O)C4)ncnc2s1. The maximum Gasteiger partial charge on any atom is 0.283 e. The number of hydrogen-bond donors (Lipinski definition) is 1. The molecule has 3 aromatic rings. The van der Waals surface area contributed by atoms with E-state index in [4.69, 9.17) is 0 Å². The zero-order chi connectivity index (χ0) is 21.4. The molecule has 1 aliphatic heterocycles. The Morgan fingerprint density at radius 3 is 2.77 bits per heavy atom. The molecule has 30 heavy (non-hydrogen) atoms. The summed E-state index contributed by atoms with van der Waals surface area (Å²) in [6, 6.07) is 5.70. The Bertz CT molecular complexity index is 1180. The summed E-state index contributed by atoms with van der Waals surface area (Å²) in [5, 5.41) is 3.57. The molecular weight excluding hydrogens is 424 g/mol. The molecule has 1 aromatic carbocycles. The van der Waals surface area contributed by atoms with Gasteiger partial charge in [0.25, 0.3) is 5.91 Å². The van der Waals surface area contributed by atoms with Gasteiger partial charge in [-0.05, 0) is 17.7 Å². The Kier molecular flexibility index (Phi) is 5.39. The maximum absolute atomic E-state index is 12.7. The number of nitrogens with zero attached hydrogens (tertiary/aromatic N) is 5. The van der Waals surface area contributed by atoms with Gasteiger partial charge in [0.15, 0.2) is 15.9 Å². The van der Waals surface area contributed by atoms with Crippen LogP contribution in [0.15, 0.2) is 29.4 Å². The number of amides is 2. The van der Waals surface area contributed by atoms with Crippen LogP contribution in [0.25, 0.3) is 10.3 Å². The average Bonchev–Trinajstić information content (AvgIpc) is 3.30. The van der Waals surface area contributed by atoms with E-state index in [-0.39, 0.29) is 28.5 Å². The summed E-state index contributed by atoms with van der Waals surface area (Å²) in [5.41, 5.74) is 2.26. The van der Waals surface area contributed by atoms with Crippen LogP contribution in [0.4, 0.5) is 11.5 Å². The zero-order valence-corrected chi connectivity index (χ0v) is 18.1. The van der Waals surface area contributed by atoms with Crippen molar-refractivity contribution in [1.82, 2.24) is 24.8 Å². The van der Waals surface area contributed by atoms with Crippen molar-refractivity contribution in [3.05, 3.63) is 35.1 Å². The molecule has 0 aliphatic carbocycles. The van der Waals surface area contributed by atoms with Crippen molar-refractivity contribution < 1.29 is 14.4 Å². The third kappa shape index (κ3) is 3.98. The molecule has 154 valence electrons. The minimum Gasteiger partial charge on any atom is -0.347 e. The van der Waals surface area contributed by atoms with Gasteiger partial charge in [-0.1, -0.05) is 29.2 Å². The van der Waals surface area contributed by atoms with Gasteiger partial charge in [0.2, 0.25) is 5.91 Å². The number of nitrogens with one attached hydrogen (secondary N) is 1. The van der Waals surface area contributed by atoms with Gasteiger partial charge < -0.3 is 15.1 Å². The number of carbonyl (C=O) groups excluding carboxylic acids is 3. The minimum atomic E-state index is -0.355. The van der Waals surface area contributed by atoms with Crippen LogP contribution in [0.3, 0.4) is 0 Å². The van der Waals surface area contributed by atoms with E-state index in [1.165, 1.54) is 27.9 Å². The first-order valence-electron chi connectivity index (χ1n) is 8.99. The van der Waals surface area contributed by atoms with E-state index in [9.17, 15) is 14.4 Å². The molecule has 3 heterocycles. The highest BCUT2D eigenvalue weighted by Gasteiger charge is 2.22. The molecular formula is C19H18N6O3S2. The number of carbonyl (C=O) groups is 3. The molecule has 2 aromatic heterocycles. The van der Waals surface area contributed by atoms with Crippen LogP contribution in [0.1, 0.15) is 15.4 Å². The smallest absolute Gasteiger partial charge is 0.283 e. The number of rotatable bonds is 5. The quantitative estimate of drug-likeness (QED) is 0.640. The Balaban J connectivity index is 1.58. The predicted molar refractivity (Wildman–Crippen MR) is 115 cm³/mol. The molecule has 11 heteroatoms. The van der Waals surface area contributed by atoms with Gasteiger partial charge in [-0.2, -0.15) is 0 Å². The predicted octanol–water partition coefficient (Wildman–Crippen LogP) is 2.16. The second kappa shape index (κ2) is 8.00. The summed E-state index contributed by atoms with van der Waals surface area (Å²) in [7, 11) is 4.84. The van der Waals surface area contributed by atoms with E-state index in [1.54, 1.807) is 21.1 Å². The van der Waals surface area contributed by atoms with Gasteiger partial charge in [-0.15, -0.1) is 0 Å². The van der Waals surface area contributed by atoms with Gasteiger partial charge in [0.1, 0.15) is 16.7 Å². The summed E-state index contributed by atoms with van der Waals surface area (Å²) < 4.78 is 0. The first kappa shape index (κ1) is 20.2. The first-order chi connectivity index (χ1) is 14.3. The number of likely N-dealkylation sites (N-methyl/N-ethyl adjacent to an activating group) is 2. The first-order valence-corrected chi connectivity index (χ1v) is 10.6. The van der Waals surface area contributed by atoms with Crippen molar-refractivity contribution in [3.8, 4) is 0 Å². The minimum absolute atomic E-state index is 0.0376. The molecule has 0 spiro atoms. The van der Waals surface area contributed by atoms with Gasteiger partial charge in [-0.3, -0.25) is 14.4 Å². The van der Waals surface area contributed by atoms with Crippen LogP contribution in [0.5, 0.6) is 0 Å². The lowest BCUT2D eigenvalue weighted by Gasteiger charge is -2.17. The van der Waals surface area contributed by atoms with E-state index in [0.29, 0.717) is 22.6 Å². The lowest BCUT2D eigenvalue weighted by atomic mass is 10.1. The van der Waals surface area contributed by atoms with Gasteiger partial charge >= 0.3 is 0 Å². The molecule has 0 bridgehead atoms. The third-order valence-corrected chi connectivity index (χ3v) is 6.41. The molecule has 1 N–H and O–H groups in total. The Morgan fingerprint density at radius 1 is 1.20 bits per heavy atom. The van der Waals surface area contributed by atoms with E-state index < -0.39 is 0 Å². The van der Waals surface area contributed by atoms with Gasteiger partial charge in [-0.25, -0.2) is 15.0 Å². The van der Waals surface area contributed by atoms with Crippen molar-refractivity contribution in [2.24, 2.45) is 0 Å². The second-order valence-corrected chi connectivity index (χ2v) is 9.02. The zero-order valence-electron chi connectivity index (χ0n) is 16.5. The fraction of sp³-hybridized carbons (Fsp3) is 0.263. The molecule has 0 unspecified atom stereocenters. The van der Waals surface area contributed by atoms with Crippen LogP contribution in [0.2, 0.25) is 0 Å². The van der Waals surface area contributed by atoms with Crippen molar-refractivity contribution in [3.63, 3.8) is 0 Å². The van der Waals surface area contributed by atoms with Crippen molar-refractivity contribution in [2.45, 2.75) is 11.3 Å². The monoisotopic (exact) mass is 442 g/mol. The number of aromatic nitrogens is 3. The van der Waals surface area contributed by atoms with E-state index in [0.717, 1.165) is 27.5 Å². The lowest BCUT2D eigenvalue weighted by Crippen LogP contribution is -2.37. The van der Waals surface area contributed by atoms with Crippen LogP contribution in [-0.4, -0.2) is 69.4 Å². The molecule has 0 saturated heterocycles. The highest BCUT2D eigenvalue weighted by molar-refractivity contribution is 8.14. The highest BCUT2D eigenvalue weighted by atomic mass is 32.2. The van der Waals surface area contributed by atoms with Crippen LogP contribution >= 0.6 is 23.1 Å². The number of fused-ring (bicyclic) bond motifs is 2. The third-order valence-electron chi connectivity index (χ3n) is 4.48. The van der Waals surface area contributed by atoms with Crippen molar-refractivity contribution in [2.75, 3.05) is 33.0 Å². The summed E-state index contributed by atoms with van der Waals surface area (Å²) in [6.45, 7) is -0.0376. The summed E-state index contributed by atoms with van der Waals surface area (Å²) in [4.78, 5) is 53.3. The van der Waals surface area contributed by atoms with Crippen LogP contribution in [0, 0.1) is 0 Å². The highest BCUT2D eigenvalue weighted by Crippen LogP contribution is 2.35. The number of thioether (sulfide) groups is 1. The van der Waals surface area contributed by atoms with E-state index >= 15 is 0 Å². The standard InChI is InChI=1S/C19H18N6O3S2/c1-24(2)13(26)8-25(3)19(28)18-23-15-16(20-9-21-17(15)30-18)22-11-5-4-10-6-14(27)29-12(10)7-11/h4-5,7,9H,6,8H2,1-3H3,(H,20,21,22). The Labute approximate surface area is 180 Å². The van der Waals surface area contributed by atoms with Crippen LogP contribution < -0.4 is 5.32 Å². The van der Waals surface area contributed by atoms with E-state index in [2.05, 4.69) is 20.3 Å². The largest absolute Gasteiger partial charge is 0.347 e. The average molecular weight is 443 g/mol. The molecule has 1 aliphatic rings. The number of benzene rings is 1. The number of hydrogen-bond acceptors (Lipinski definition) is 9. The maximum atomic E-state index is 12.7. The van der Waals surface area contributed by atoms with Gasteiger partial charge in [0.05, 0.1) is 6.54 Å². The molecule has 4 rings (SSSR count). The normalized spacial score (nSPS) is 12.7. The molecule has 0 saturated carbocycles. The molecule has 0 radical (unpaired) electrons. The Morgan fingerprint density at radius 2 is 2.00 bits per heavy atom. The summed E-state index contributed by atoms with van der Waals surface area (Å²) in [5.74, 6) is -0.0646. The fourth-order valence-electron chi connectivity index (χ4n) is 2.84. The summed E-state index contributed by atoms with van der Waals surface area (Å²) >= 11 is 2.38. The summed E-state index contributed by atoms with van der Waals surface area (Å²) in [6.07, 6.45) is 1.85. The van der Waals surface area contributed by atoms with E-state index in [1.807, 2.05) is 18.2 Å². The Hall–Kier alpha value is -3.05. The second-order valence-electron chi connectivity index (χ2n) is 6.94. The number of anilines is 2. The molecule has 9 nitrogen and oxygen atoms in total.